The maximum Gasteiger partial charge on any atom is 0.222 e. The van der Waals surface area contributed by atoms with Crippen LogP contribution in [0, 0.1) is 0 Å². The zero-order valence-electron chi connectivity index (χ0n) is 12.2. The fraction of sp³-hybridized carbons (Fsp3) is 0.600. The molecule has 5 heteroatoms. The molecular weight excluding hydrogens is 250 g/mol. The Morgan fingerprint density at radius 1 is 1.10 bits per heavy atom. The predicted molar refractivity (Wildman–Crippen MR) is 82.6 cm³/mol. The summed E-state index contributed by atoms with van der Waals surface area (Å²) in [5, 5.41) is 0. The molecule has 5 nitrogen and oxygen atoms in total. The zero-order chi connectivity index (χ0) is 13.9. The molecule has 20 heavy (non-hydrogen) atoms. The lowest BCUT2D eigenvalue weighted by molar-refractivity contribution is 0.312. The van der Waals surface area contributed by atoms with E-state index in [4.69, 9.17) is 5.73 Å². The first kappa shape index (κ1) is 13.4. The highest BCUT2D eigenvalue weighted by Gasteiger charge is 2.18. The molecule has 1 aliphatic carbocycles. The van der Waals surface area contributed by atoms with Gasteiger partial charge in [-0.1, -0.05) is 6.08 Å². The van der Waals surface area contributed by atoms with E-state index in [1.807, 2.05) is 0 Å². The largest absolute Gasteiger partial charge is 0.368 e. The number of rotatable bonds is 2. The Labute approximate surface area is 120 Å². The highest BCUT2D eigenvalue weighted by Crippen LogP contribution is 2.28. The van der Waals surface area contributed by atoms with Gasteiger partial charge in [0.2, 0.25) is 5.95 Å². The van der Waals surface area contributed by atoms with E-state index in [1.165, 1.54) is 18.4 Å². The molecule has 1 fully saturated rings. The van der Waals surface area contributed by atoms with Crippen molar-refractivity contribution in [3.8, 4) is 0 Å². The standard InChI is InChI=1S/C15H23N5/c1-19-7-9-20(10-8-19)14-11-13(17-15(16)18-14)12-5-3-2-4-6-12/h5,11H,2-4,6-10H2,1H3,(H2,16,17,18). The van der Waals surface area contributed by atoms with Crippen LogP contribution in [0.25, 0.3) is 5.57 Å². The molecule has 0 amide bonds. The molecule has 3 rings (SSSR count). The molecule has 0 bridgehead atoms. The second-order valence-electron chi connectivity index (χ2n) is 5.74. The minimum Gasteiger partial charge on any atom is -0.368 e. The maximum absolute atomic E-state index is 5.91. The smallest absolute Gasteiger partial charge is 0.222 e. The topological polar surface area (TPSA) is 58.3 Å². The maximum atomic E-state index is 5.91. The molecule has 108 valence electrons. The van der Waals surface area contributed by atoms with Gasteiger partial charge in [0.05, 0.1) is 5.69 Å². The van der Waals surface area contributed by atoms with Crippen LogP contribution < -0.4 is 10.6 Å². The van der Waals surface area contributed by atoms with E-state index in [1.54, 1.807) is 0 Å². The monoisotopic (exact) mass is 273 g/mol. The van der Waals surface area contributed by atoms with Crippen molar-refractivity contribution < 1.29 is 0 Å². The van der Waals surface area contributed by atoms with Gasteiger partial charge < -0.3 is 15.5 Å². The molecule has 0 spiro atoms. The van der Waals surface area contributed by atoms with E-state index in [9.17, 15) is 0 Å². The van der Waals surface area contributed by atoms with Gasteiger partial charge in [-0.3, -0.25) is 0 Å². The van der Waals surface area contributed by atoms with Crippen LogP contribution in [0.15, 0.2) is 12.1 Å². The van der Waals surface area contributed by atoms with Crippen molar-refractivity contribution in [2.24, 2.45) is 0 Å². The fourth-order valence-corrected chi connectivity index (χ4v) is 2.89. The molecular formula is C15H23N5. The molecule has 0 radical (unpaired) electrons. The first-order valence-electron chi connectivity index (χ1n) is 7.50. The van der Waals surface area contributed by atoms with Crippen molar-refractivity contribution in [1.82, 2.24) is 14.9 Å². The van der Waals surface area contributed by atoms with Crippen molar-refractivity contribution in [2.75, 3.05) is 43.9 Å². The van der Waals surface area contributed by atoms with Crippen LogP contribution in [-0.4, -0.2) is 48.1 Å². The number of anilines is 2. The number of piperazine rings is 1. The van der Waals surface area contributed by atoms with Gasteiger partial charge in [0.25, 0.3) is 0 Å². The summed E-state index contributed by atoms with van der Waals surface area (Å²) >= 11 is 0. The zero-order valence-corrected chi connectivity index (χ0v) is 12.2. The summed E-state index contributed by atoms with van der Waals surface area (Å²) in [4.78, 5) is 13.5. The van der Waals surface area contributed by atoms with Crippen molar-refractivity contribution in [2.45, 2.75) is 25.7 Å². The van der Waals surface area contributed by atoms with Crippen LogP contribution in [0.2, 0.25) is 0 Å². The molecule has 0 unspecified atom stereocenters. The van der Waals surface area contributed by atoms with Gasteiger partial charge in [-0.15, -0.1) is 0 Å². The van der Waals surface area contributed by atoms with Gasteiger partial charge >= 0.3 is 0 Å². The second-order valence-corrected chi connectivity index (χ2v) is 5.74. The summed E-state index contributed by atoms with van der Waals surface area (Å²) in [5.41, 5.74) is 8.27. The molecule has 1 aromatic heterocycles. The molecule has 1 aromatic rings. The number of likely N-dealkylation sites (N-methyl/N-ethyl adjacent to an activating group) is 1. The first-order chi connectivity index (χ1) is 9.72. The number of hydrogen-bond acceptors (Lipinski definition) is 5. The summed E-state index contributed by atoms with van der Waals surface area (Å²) in [6, 6.07) is 2.11. The Bertz CT molecular complexity index is 503. The lowest BCUT2D eigenvalue weighted by Crippen LogP contribution is -2.44. The SMILES string of the molecule is CN1CCN(c2cc(C3=CCCCC3)nc(N)n2)CC1. The quantitative estimate of drug-likeness (QED) is 0.890. The van der Waals surface area contributed by atoms with Crippen LogP contribution >= 0.6 is 0 Å². The molecule has 1 aliphatic heterocycles. The van der Waals surface area contributed by atoms with Crippen LogP contribution in [-0.2, 0) is 0 Å². The van der Waals surface area contributed by atoms with Gasteiger partial charge in [-0.2, -0.15) is 4.98 Å². The summed E-state index contributed by atoms with van der Waals surface area (Å²) < 4.78 is 0. The number of nitrogens with two attached hydrogens (primary N) is 1. The number of allylic oxidation sites excluding steroid dienone is 2. The van der Waals surface area contributed by atoms with Crippen LogP contribution in [0.4, 0.5) is 11.8 Å². The fourth-order valence-electron chi connectivity index (χ4n) is 2.89. The van der Waals surface area contributed by atoms with Gasteiger partial charge in [0.15, 0.2) is 0 Å². The summed E-state index contributed by atoms with van der Waals surface area (Å²) in [6.07, 6.45) is 7.11. The van der Waals surface area contributed by atoms with Gasteiger partial charge in [0.1, 0.15) is 5.82 Å². The predicted octanol–water partition coefficient (Wildman–Crippen LogP) is 1.77. The molecule has 2 heterocycles. The van der Waals surface area contributed by atoms with Gasteiger partial charge in [0, 0.05) is 32.2 Å². The van der Waals surface area contributed by atoms with Crippen molar-refractivity contribution in [3.63, 3.8) is 0 Å². The van der Waals surface area contributed by atoms with E-state index in [-0.39, 0.29) is 0 Å². The molecule has 2 aliphatic rings. The molecule has 0 atom stereocenters. The lowest BCUT2D eigenvalue weighted by atomic mass is 9.97. The minimum absolute atomic E-state index is 0.392. The molecule has 0 aromatic carbocycles. The van der Waals surface area contributed by atoms with Crippen LogP contribution in [0.5, 0.6) is 0 Å². The van der Waals surface area contributed by atoms with Crippen molar-refractivity contribution in [1.29, 1.82) is 0 Å². The highest BCUT2D eigenvalue weighted by atomic mass is 15.3. The third-order valence-electron chi connectivity index (χ3n) is 4.18. The number of nitrogen functional groups attached to an aromatic ring is 1. The van der Waals surface area contributed by atoms with E-state index in [0.29, 0.717) is 5.95 Å². The van der Waals surface area contributed by atoms with Crippen LogP contribution in [0.1, 0.15) is 31.4 Å². The normalized spacial score (nSPS) is 20.9. The average molecular weight is 273 g/mol. The first-order valence-corrected chi connectivity index (χ1v) is 7.50. The Balaban J connectivity index is 1.84. The highest BCUT2D eigenvalue weighted by molar-refractivity contribution is 5.66. The molecule has 1 saturated heterocycles. The van der Waals surface area contributed by atoms with Crippen LogP contribution in [0.3, 0.4) is 0 Å². The van der Waals surface area contributed by atoms with Gasteiger partial charge in [-0.25, -0.2) is 4.98 Å². The lowest BCUT2D eigenvalue weighted by Gasteiger charge is -2.33. The van der Waals surface area contributed by atoms with E-state index in [0.717, 1.165) is 50.5 Å². The van der Waals surface area contributed by atoms with E-state index in [2.05, 4.69) is 39.0 Å². The second kappa shape index (κ2) is 5.79. The number of aromatic nitrogens is 2. The third-order valence-corrected chi connectivity index (χ3v) is 4.18. The average Bonchev–Trinajstić information content (AvgIpc) is 2.48. The minimum atomic E-state index is 0.392. The molecule has 2 N–H and O–H groups in total. The summed E-state index contributed by atoms with van der Waals surface area (Å²) in [5.74, 6) is 1.37. The van der Waals surface area contributed by atoms with Crippen molar-refractivity contribution in [3.05, 3.63) is 17.8 Å². The Morgan fingerprint density at radius 2 is 1.90 bits per heavy atom. The summed E-state index contributed by atoms with van der Waals surface area (Å²) in [7, 11) is 2.16. The van der Waals surface area contributed by atoms with Gasteiger partial charge in [-0.05, 0) is 38.3 Å². The Kier molecular flexibility index (Phi) is 3.87. The number of hydrogen-bond donors (Lipinski definition) is 1. The number of nitrogens with zero attached hydrogens (tertiary/aromatic N) is 4. The Hall–Kier alpha value is -1.62. The third kappa shape index (κ3) is 2.93. The van der Waals surface area contributed by atoms with E-state index >= 15 is 0 Å². The van der Waals surface area contributed by atoms with Crippen molar-refractivity contribution >= 4 is 17.3 Å². The molecule has 0 saturated carbocycles. The Morgan fingerprint density at radius 3 is 2.60 bits per heavy atom. The van der Waals surface area contributed by atoms with E-state index < -0.39 is 0 Å². The summed E-state index contributed by atoms with van der Waals surface area (Å²) in [6.45, 7) is 4.15.